The number of carbonyl (C=O) groups excluding carboxylic acids is 1. The highest BCUT2D eigenvalue weighted by atomic mass is 35.5. The van der Waals surface area contributed by atoms with E-state index in [1.54, 1.807) is 56.3 Å². The highest BCUT2D eigenvalue weighted by Crippen LogP contribution is 2.36. The number of rotatable bonds is 6. The molecular weight excluding hydrogens is 511 g/mol. The van der Waals surface area contributed by atoms with Crippen LogP contribution >= 0.6 is 34.5 Å². The first-order chi connectivity index (χ1) is 16.8. The fourth-order valence-electron chi connectivity index (χ4n) is 3.89. The van der Waals surface area contributed by atoms with Gasteiger partial charge in [-0.2, -0.15) is 0 Å². The summed E-state index contributed by atoms with van der Waals surface area (Å²) < 4.78 is 18.1. The minimum Gasteiger partial charge on any atom is -0.493 e. The summed E-state index contributed by atoms with van der Waals surface area (Å²) in [6.45, 7) is 3.64. The molecule has 7 nitrogen and oxygen atoms in total. The van der Waals surface area contributed by atoms with Crippen LogP contribution in [-0.4, -0.2) is 31.4 Å². The number of esters is 1. The zero-order valence-electron chi connectivity index (χ0n) is 19.4. The maximum absolute atomic E-state index is 13.7. The Morgan fingerprint density at radius 2 is 1.89 bits per heavy atom. The number of hydrogen-bond acceptors (Lipinski definition) is 7. The first-order valence-corrected chi connectivity index (χ1v) is 12.2. The molecule has 1 aliphatic rings. The van der Waals surface area contributed by atoms with Gasteiger partial charge in [0.05, 0.1) is 42.7 Å². The van der Waals surface area contributed by atoms with Crippen LogP contribution in [0.1, 0.15) is 31.0 Å². The SMILES string of the molecule is CCOC(=O)C1=C(C)N=c2s/c(=C/c3ccc(Cl)cc3Cl)c(=O)n2C1c1ccc(OC)c(OC)c1. The molecule has 0 aliphatic carbocycles. The van der Waals surface area contributed by atoms with Crippen LogP contribution < -0.4 is 24.4 Å². The first-order valence-electron chi connectivity index (χ1n) is 10.7. The number of hydrogen-bond donors (Lipinski definition) is 0. The van der Waals surface area contributed by atoms with E-state index in [4.69, 9.17) is 37.4 Å². The fourth-order valence-corrected chi connectivity index (χ4v) is 5.39. The zero-order chi connectivity index (χ0) is 25.3. The second kappa shape index (κ2) is 10.3. The van der Waals surface area contributed by atoms with Crippen molar-refractivity contribution in [3.05, 3.63) is 88.5 Å². The van der Waals surface area contributed by atoms with Gasteiger partial charge >= 0.3 is 5.97 Å². The summed E-state index contributed by atoms with van der Waals surface area (Å²) in [5, 5.41) is 0.917. The molecule has 2 heterocycles. The van der Waals surface area contributed by atoms with Gasteiger partial charge in [0.15, 0.2) is 16.3 Å². The molecule has 35 heavy (non-hydrogen) atoms. The maximum atomic E-state index is 13.7. The van der Waals surface area contributed by atoms with Gasteiger partial charge in [-0.1, -0.05) is 46.7 Å². The van der Waals surface area contributed by atoms with Crippen molar-refractivity contribution in [2.45, 2.75) is 19.9 Å². The van der Waals surface area contributed by atoms with Crippen LogP contribution in [0, 0.1) is 0 Å². The zero-order valence-corrected chi connectivity index (χ0v) is 21.8. The molecule has 0 saturated carbocycles. The normalized spacial score (nSPS) is 15.5. The predicted octanol–water partition coefficient (Wildman–Crippen LogP) is 4.12. The van der Waals surface area contributed by atoms with Crippen molar-refractivity contribution in [1.82, 2.24) is 4.57 Å². The molecule has 0 N–H and O–H groups in total. The second-order valence-corrected chi connectivity index (χ2v) is 9.44. The standard InChI is InChI=1S/C25H22Cl2N2O5S/c1-5-34-24(31)21-13(2)28-25-29(22(21)15-7-9-18(32-3)19(10-15)33-4)23(30)20(35-25)11-14-6-8-16(26)12-17(14)27/h6-12,22H,5H2,1-4H3/b20-11+. The Balaban J connectivity index is 1.98. The molecule has 2 aromatic carbocycles. The summed E-state index contributed by atoms with van der Waals surface area (Å²) in [4.78, 5) is 31.7. The van der Waals surface area contributed by atoms with Gasteiger partial charge in [0.2, 0.25) is 0 Å². The third kappa shape index (κ3) is 4.74. The molecule has 1 atom stereocenters. The number of methoxy groups -OCH3 is 2. The van der Waals surface area contributed by atoms with Crippen LogP contribution in [0.5, 0.6) is 11.5 Å². The molecule has 0 saturated heterocycles. The third-order valence-corrected chi connectivity index (χ3v) is 7.03. The lowest BCUT2D eigenvalue weighted by molar-refractivity contribution is -0.139. The molecule has 0 bridgehead atoms. The smallest absolute Gasteiger partial charge is 0.338 e. The Bertz CT molecular complexity index is 1520. The Morgan fingerprint density at radius 1 is 1.14 bits per heavy atom. The number of nitrogens with zero attached hydrogens (tertiary/aromatic N) is 2. The van der Waals surface area contributed by atoms with Crippen molar-refractivity contribution in [3.8, 4) is 11.5 Å². The van der Waals surface area contributed by atoms with Gasteiger partial charge < -0.3 is 14.2 Å². The Morgan fingerprint density at radius 3 is 2.54 bits per heavy atom. The van der Waals surface area contributed by atoms with Crippen molar-refractivity contribution in [2.24, 2.45) is 4.99 Å². The van der Waals surface area contributed by atoms with E-state index in [0.717, 1.165) is 0 Å². The number of benzene rings is 2. The summed E-state index contributed by atoms with van der Waals surface area (Å²) in [5.41, 5.74) is 1.74. The monoisotopic (exact) mass is 532 g/mol. The van der Waals surface area contributed by atoms with Crippen molar-refractivity contribution < 1.29 is 19.0 Å². The van der Waals surface area contributed by atoms with Crippen LogP contribution in [0.4, 0.5) is 0 Å². The number of allylic oxidation sites excluding steroid dienone is 1. The van der Waals surface area contributed by atoms with Crippen LogP contribution in [0.15, 0.2) is 57.5 Å². The lowest BCUT2D eigenvalue weighted by Crippen LogP contribution is -2.40. The van der Waals surface area contributed by atoms with E-state index in [-0.39, 0.29) is 17.7 Å². The molecule has 0 fully saturated rings. The summed E-state index contributed by atoms with van der Waals surface area (Å²) in [5.74, 6) is 0.459. The Kier molecular flexibility index (Phi) is 7.35. The van der Waals surface area contributed by atoms with Crippen LogP contribution in [-0.2, 0) is 9.53 Å². The molecule has 1 aromatic heterocycles. The highest BCUT2D eigenvalue weighted by molar-refractivity contribution is 7.07. The molecule has 10 heteroatoms. The van der Waals surface area contributed by atoms with E-state index >= 15 is 0 Å². The number of carbonyl (C=O) groups is 1. The van der Waals surface area contributed by atoms with E-state index in [9.17, 15) is 9.59 Å². The lowest BCUT2D eigenvalue weighted by Gasteiger charge is -2.25. The van der Waals surface area contributed by atoms with Gasteiger partial charge in [0.25, 0.3) is 5.56 Å². The van der Waals surface area contributed by atoms with Gasteiger partial charge in [-0.05, 0) is 55.3 Å². The van der Waals surface area contributed by atoms with E-state index in [0.29, 0.717) is 47.7 Å². The average molecular weight is 533 g/mol. The predicted molar refractivity (Wildman–Crippen MR) is 136 cm³/mol. The van der Waals surface area contributed by atoms with Gasteiger partial charge in [-0.3, -0.25) is 9.36 Å². The van der Waals surface area contributed by atoms with E-state index in [2.05, 4.69) is 4.99 Å². The quantitative estimate of drug-likeness (QED) is 0.446. The first kappa shape index (κ1) is 25.0. The van der Waals surface area contributed by atoms with Gasteiger partial charge in [-0.15, -0.1) is 0 Å². The highest BCUT2D eigenvalue weighted by Gasteiger charge is 2.33. The molecule has 1 unspecified atom stereocenters. The molecular formula is C25H22Cl2N2O5S. The number of ether oxygens (including phenoxy) is 3. The summed E-state index contributed by atoms with van der Waals surface area (Å²) in [6, 6.07) is 9.55. The number of fused-ring (bicyclic) bond motifs is 1. The lowest BCUT2D eigenvalue weighted by atomic mass is 9.95. The molecule has 1 aliphatic heterocycles. The minimum absolute atomic E-state index is 0.188. The molecule has 0 spiro atoms. The van der Waals surface area contributed by atoms with Crippen molar-refractivity contribution >= 4 is 46.6 Å². The third-order valence-electron chi connectivity index (χ3n) is 5.49. The van der Waals surface area contributed by atoms with Crippen LogP contribution in [0.25, 0.3) is 6.08 Å². The number of halogens is 2. The van der Waals surface area contributed by atoms with Gasteiger partial charge in [-0.25, -0.2) is 9.79 Å². The fraction of sp³-hybridized carbons (Fsp3) is 0.240. The molecule has 0 amide bonds. The van der Waals surface area contributed by atoms with E-state index < -0.39 is 12.0 Å². The largest absolute Gasteiger partial charge is 0.493 e. The molecule has 3 aromatic rings. The van der Waals surface area contributed by atoms with Crippen LogP contribution in [0.3, 0.4) is 0 Å². The van der Waals surface area contributed by atoms with E-state index in [1.165, 1.54) is 30.1 Å². The summed E-state index contributed by atoms with van der Waals surface area (Å²) in [6.07, 6.45) is 1.69. The Labute approximate surface area is 215 Å². The second-order valence-electron chi connectivity index (χ2n) is 7.58. The molecule has 182 valence electrons. The van der Waals surface area contributed by atoms with Crippen molar-refractivity contribution in [1.29, 1.82) is 0 Å². The molecule has 0 radical (unpaired) electrons. The summed E-state index contributed by atoms with van der Waals surface area (Å²) in [7, 11) is 3.06. The van der Waals surface area contributed by atoms with Gasteiger partial charge in [0, 0.05) is 10.0 Å². The average Bonchev–Trinajstić information content (AvgIpc) is 3.14. The minimum atomic E-state index is -0.770. The summed E-state index contributed by atoms with van der Waals surface area (Å²) >= 11 is 13.5. The van der Waals surface area contributed by atoms with Crippen LogP contribution in [0.2, 0.25) is 10.0 Å². The Hall–Kier alpha value is -3.07. The maximum Gasteiger partial charge on any atom is 0.338 e. The number of aromatic nitrogens is 1. The van der Waals surface area contributed by atoms with E-state index in [1.807, 2.05) is 0 Å². The topological polar surface area (TPSA) is 79.1 Å². The number of thiazole rings is 1. The van der Waals surface area contributed by atoms with Crippen molar-refractivity contribution in [3.63, 3.8) is 0 Å². The molecule has 4 rings (SSSR count). The van der Waals surface area contributed by atoms with Crippen molar-refractivity contribution in [2.75, 3.05) is 20.8 Å². The van der Waals surface area contributed by atoms with Gasteiger partial charge in [0.1, 0.15) is 0 Å².